The van der Waals surface area contributed by atoms with Gasteiger partial charge in [0, 0.05) is 11.9 Å². The number of ether oxygens (including phenoxy) is 1. The van der Waals surface area contributed by atoms with Crippen LogP contribution in [0.1, 0.15) is 10.4 Å². The lowest BCUT2D eigenvalue weighted by molar-refractivity contribution is 0.0601. The quantitative estimate of drug-likeness (QED) is 0.863. The third kappa shape index (κ3) is 2.75. The first kappa shape index (κ1) is 12.3. The van der Waals surface area contributed by atoms with Crippen LogP contribution in [0.5, 0.6) is 0 Å². The van der Waals surface area contributed by atoms with Crippen molar-refractivity contribution in [3.63, 3.8) is 0 Å². The number of benzene rings is 1. The minimum atomic E-state index is -0.480. The number of carbonyl (C=O) groups excluding carboxylic acids is 1. The summed E-state index contributed by atoms with van der Waals surface area (Å²) in [5, 5.41) is 3.38. The lowest BCUT2D eigenvalue weighted by atomic mass is 10.2. The Morgan fingerprint density at radius 1 is 1.39 bits per heavy atom. The summed E-state index contributed by atoms with van der Waals surface area (Å²) in [6, 6.07) is 6.69. The van der Waals surface area contributed by atoms with Crippen LogP contribution in [0.3, 0.4) is 0 Å². The number of methoxy groups -OCH3 is 1. The number of aromatic nitrogens is 2. The molecule has 0 spiro atoms. The molecule has 1 heterocycles. The number of hydrogen-bond donors (Lipinski definition) is 1. The molecule has 0 unspecified atom stereocenters. The number of nitrogens with one attached hydrogen (secondary N) is 1. The maximum atomic E-state index is 11.5. The van der Waals surface area contributed by atoms with Gasteiger partial charge < -0.3 is 10.1 Å². The first-order valence-electron chi connectivity index (χ1n) is 5.11. The van der Waals surface area contributed by atoms with Crippen LogP contribution in [0.15, 0.2) is 36.8 Å². The lowest BCUT2D eigenvalue weighted by Crippen LogP contribution is -2.03. The number of nitrogens with zero attached hydrogens (tertiary/aromatic N) is 2. The molecular weight excluding hydrogens is 254 g/mol. The van der Waals surface area contributed by atoms with Gasteiger partial charge in [-0.3, -0.25) is 0 Å². The molecule has 0 radical (unpaired) electrons. The molecule has 2 aromatic rings. The summed E-state index contributed by atoms with van der Waals surface area (Å²) in [6.07, 6.45) is 3.05. The average Bonchev–Trinajstić information content (AvgIpc) is 2.41. The lowest BCUT2D eigenvalue weighted by Gasteiger charge is -2.08. The van der Waals surface area contributed by atoms with Crippen LogP contribution in [-0.2, 0) is 4.74 Å². The van der Waals surface area contributed by atoms with E-state index in [1.807, 2.05) is 0 Å². The van der Waals surface area contributed by atoms with Gasteiger partial charge in [-0.1, -0.05) is 11.6 Å². The van der Waals surface area contributed by atoms with Crippen molar-refractivity contribution in [2.45, 2.75) is 0 Å². The summed E-state index contributed by atoms with van der Waals surface area (Å²) >= 11 is 5.92. The summed E-state index contributed by atoms with van der Waals surface area (Å²) in [7, 11) is 1.31. The molecular formula is C12H10ClN3O2. The minimum Gasteiger partial charge on any atom is -0.465 e. The molecule has 0 saturated heterocycles. The van der Waals surface area contributed by atoms with Crippen LogP contribution in [0.4, 0.5) is 11.5 Å². The third-order valence-corrected chi connectivity index (χ3v) is 2.56. The van der Waals surface area contributed by atoms with E-state index in [0.29, 0.717) is 22.1 Å². The highest BCUT2D eigenvalue weighted by molar-refractivity contribution is 6.33. The molecule has 0 aliphatic carbocycles. The smallest absolute Gasteiger partial charge is 0.339 e. The van der Waals surface area contributed by atoms with Crippen LogP contribution in [0.25, 0.3) is 0 Å². The molecule has 2 rings (SSSR count). The number of rotatable bonds is 3. The highest BCUT2D eigenvalue weighted by atomic mass is 35.5. The normalized spacial score (nSPS) is 9.89. The summed E-state index contributed by atoms with van der Waals surface area (Å²) in [4.78, 5) is 19.3. The summed E-state index contributed by atoms with van der Waals surface area (Å²) in [5.41, 5.74) is 0.997. The Hall–Kier alpha value is -2.14. The zero-order chi connectivity index (χ0) is 13.0. The maximum Gasteiger partial charge on any atom is 0.339 e. The zero-order valence-corrected chi connectivity index (χ0v) is 10.3. The fourth-order valence-corrected chi connectivity index (χ4v) is 1.58. The maximum absolute atomic E-state index is 11.5. The van der Waals surface area contributed by atoms with Crippen molar-refractivity contribution in [1.29, 1.82) is 0 Å². The second-order valence-electron chi connectivity index (χ2n) is 3.41. The van der Waals surface area contributed by atoms with Gasteiger partial charge in [-0.25, -0.2) is 14.8 Å². The second-order valence-corrected chi connectivity index (χ2v) is 3.81. The molecule has 0 fully saturated rings. The van der Waals surface area contributed by atoms with E-state index < -0.39 is 5.97 Å². The molecule has 92 valence electrons. The van der Waals surface area contributed by atoms with Crippen molar-refractivity contribution >= 4 is 29.1 Å². The van der Waals surface area contributed by atoms with E-state index in [-0.39, 0.29) is 0 Å². The average molecular weight is 264 g/mol. The van der Waals surface area contributed by atoms with Gasteiger partial charge in [0.1, 0.15) is 12.1 Å². The molecule has 0 atom stereocenters. The molecule has 0 bridgehead atoms. The van der Waals surface area contributed by atoms with Crippen molar-refractivity contribution in [2.75, 3.05) is 12.4 Å². The Bertz CT molecular complexity index is 561. The number of hydrogen-bond acceptors (Lipinski definition) is 5. The van der Waals surface area contributed by atoms with E-state index in [1.54, 1.807) is 30.5 Å². The zero-order valence-electron chi connectivity index (χ0n) is 9.55. The van der Waals surface area contributed by atoms with E-state index in [2.05, 4.69) is 20.0 Å². The van der Waals surface area contributed by atoms with E-state index >= 15 is 0 Å². The van der Waals surface area contributed by atoms with E-state index in [9.17, 15) is 4.79 Å². The fraction of sp³-hybridized carbons (Fsp3) is 0.0833. The van der Waals surface area contributed by atoms with Crippen molar-refractivity contribution < 1.29 is 9.53 Å². The van der Waals surface area contributed by atoms with Gasteiger partial charge in [0.2, 0.25) is 0 Å². The SMILES string of the molecule is COC(=O)c1cc(Nc2ccncn2)ccc1Cl. The molecule has 0 saturated carbocycles. The standard InChI is InChI=1S/C12H10ClN3O2/c1-18-12(17)9-6-8(2-3-10(9)13)16-11-4-5-14-7-15-11/h2-7H,1H3,(H,14,15,16). The van der Waals surface area contributed by atoms with Gasteiger partial charge in [-0.05, 0) is 24.3 Å². The predicted molar refractivity (Wildman–Crippen MR) is 68.1 cm³/mol. The Morgan fingerprint density at radius 3 is 2.89 bits per heavy atom. The highest BCUT2D eigenvalue weighted by Crippen LogP contribution is 2.23. The monoisotopic (exact) mass is 263 g/mol. The van der Waals surface area contributed by atoms with Crippen molar-refractivity contribution in [2.24, 2.45) is 0 Å². The Labute approximate surface area is 109 Å². The molecule has 1 N–H and O–H groups in total. The van der Waals surface area contributed by atoms with Crippen LogP contribution in [0.2, 0.25) is 5.02 Å². The Balaban J connectivity index is 2.27. The van der Waals surface area contributed by atoms with E-state index in [4.69, 9.17) is 11.6 Å². The fourth-order valence-electron chi connectivity index (χ4n) is 1.38. The van der Waals surface area contributed by atoms with Crippen LogP contribution in [-0.4, -0.2) is 23.0 Å². The minimum absolute atomic E-state index is 0.304. The summed E-state index contributed by atoms with van der Waals surface area (Å²) in [5.74, 6) is 0.148. The first-order valence-corrected chi connectivity index (χ1v) is 5.49. The van der Waals surface area contributed by atoms with Crippen LogP contribution in [0, 0.1) is 0 Å². The summed E-state index contributed by atoms with van der Waals surface area (Å²) < 4.78 is 4.65. The first-order chi connectivity index (χ1) is 8.70. The highest BCUT2D eigenvalue weighted by Gasteiger charge is 2.11. The van der Waals surface area contributed by atoms with Gasteiger partial charge in [-0.2, -0.15) is 0 Å². The van der Waals surface area contributed by atoms with Gasteiger partial charge in [0.05, 0.1) is 17.7 Å². The number of halogens is 1. The topological polar surface area (TPSA) is 64.1 Å². The summed E-state index contributed by atoms with van der Waals surface area (Å²) in [6.45, 7) is 0. The molecule has 0 aliphatic heterocycles. The number of anilines is 2. The molecule has 1 aromatic heterocycles. The molecule has 0 aliphatic rings. The van der Waals surface area contributed by atoms with Crippen molar-refractivity contribution in [3.05, 3.63) is 47.4 Å². The van der Waals surface area contributed by atoms with Gasteiger partial charge >= 0.3 is 5.97 Å². The molecule has 5 nitrogen and oxygen atoms in total. The van der Waals surface area contributed by atoms with Crippen molar-refractivity contribution in [3.8, 4) is 0 Å². The third-order valence-electron chi connectivity index (χ3n) is 2.23. The van der Waals surface area contributed by atoms with Gasteiger partial charge in [0.15, 0.2) is 0 Å². The number of carbonyl (C=O) groups is 1. The Kier molecular flexibility index (Phi) is 3.74. The van der Waals surface area contributed by atoms with Crippen molar-refractivity contribution in [1.82, 2.24) is 9.97 Å². The largest absolute Gasteiger partial charge is 0.465 e. The molecule has 6 heteroatoms. The Morgan fingerprint density at radius 2 is 2.22 bits per heavy atom. The molecule has 1 aromatic carbocycles. The van der Waals surface area contributed by atoms with E-state index in [1.165, 1.54) is 13.4 Å². The number of esters is 1. The second kappa shape index (κ2) is 5.46. The molecule has 18 heavy (non-hydrogen) atoms. The van der Waals surface area contributed by atoms with Gasteiger partial charge in [-0.15, -0.1) is 0 Å². The van der Waals surface area contributed by atoms with E-state index in [0.717, 1.165) is 0 Å². The van der Waals surface area contributed by atoms with Gasteiger partial charge in [0.25, 0.3) is 0 Å². The molecule has 0 amide bonds. The van der Waals surface area contributed by atoms with Crippen LogP contribution >= 0.6 is 11.6 Å². The predicted octanol–water partition coefficient (Wildman–Crippen LogP) is 2.66. The van der Waals surface area contributed by atoms with Crippen LogP contribution < -0.4 is 5.32 Å².